The van der Waals surface area contributed by atoms with Gasteiger partial charge in [0.15, 0.2) is 0 Å². The molecule has 0 rings (SSSR count). The maximum atomic E-state index is 10.8. The topological polar surface area (TPSA) is 60.8 Å². The molecule has 0 radical (unpaired) electrons. The van der Waals surface area contributed by atoms with Gasteiger partial charge in [-0.3, -0.25) is 4.90 Å². The van der Waals surface area contributed by atoms with Crippen LogP contribution in [0, 0.1) is 0 Å². The highest BCUT2D eigenvalue weighted by atomic mass is 16.4. The minimum absolute atomic E-state index is 0.149. The molecule has 0 heterocycles. The van der Waals surface area contributed by atoms with Gasteiger partial charge in [0, 0.05) is 5.54 Å². The Bertz CT molecular complexity index is 162. The zero-order valence-corrected chi connectivity index (χ0v) is 8.03. The second-order valence-corrected chi connectivity index (χ2v) is 3.85. The average Bonchev–Trinajstić information content (AvgIpc) is 1.83. The van der Waals surface area contributed by atoms with E-state index in [0.29, 0.717) is 0 Å². The van der Waals surface area contributed by atoms with Gasteiger partial charge in [-0.25, -0.2) is 4.79 Å². The Morgan fingerprint density at radius 1 is 1.50 bits per heavy atom. The predicted octanol–water partition coefficient (Wildman–Crippen LogP) is 1.15. The lowest BCUT2D eigenvalue weighted by Gasteiger charge is -2.37. The Labute approximate surface area is 72.8 Å². The monoisotopic (exact) mass is 175 g/mol. The van der Waals surface area contributed by atoms with E-state index in [4.69, 9.17) is 10.2 Å². The first-order valence-corrected chi connectivity index (χ1v) is 3.93. The van der Waals surface area contributed by atoms with Gasteiger partial charge < -0.3 is 10.2 Å². The summed E-state index contributed by atoms with van der Waals surface area (Å²) in [6.45, 7) is 6.93. The third-order valence-electron chi connectivity index (χ3n) is 1.63. The molecule has 0 unspecified atom stereocenters. The molecule has 72 valence electrons. The van der Waals surface area contributed by atoms with E-state index in [1.54, 1.807) is 27.7 Å². The predicted molar refractivity (Wildman–Crippen MR) is 46.2 cm³/mol. The molecule has 0 aromatic heterocycles. The van der Waals surface area contributed by atoms with E-state index in [0.717, 1.165) is 0 Å². The molecule has 0 spiro atoms. The third-order valence-corrected chi connectivity index (χ3v) is 1.63. The van der Waals surface area contributed by atoms with Gasteiger partial charge in [0.2, 0.25) is 0 Å². The number of aliphatic hydroxyl groups is 1. The van der Waals surface area contributed by atoms with Crippen LogP contribution in [0.3, 0.4) is 0 Å². The van der Waals surface area contributed by atoms with E-state index in [-0.39, 0.29) is 12.6 Å². The molecule has 0 aromatic carbocycles. The number of hydrogen-bond donors (Lipinski definition) is 2. The van der Waals surface area contributed by atoms with Crippen LogP contribution in [-0.4, -0.2) is 39.4 Å². The minimum atomic E-state index is -0.996. The molecule has 0 aliphatic rings. The fourth-order valence-corrected chi connectivity index (χ4v) is 1.22. The standard InChI is InChI=1S/C8H17NO3/c1-6(5-10)9(7(11)12)8(2,3)4/h6,10H,5H2,1-4H3,(H,11,12)/t6-/m1/s1. The van der Waals surface area contributed by atoms with Gasteiger partial charge in [-0.05, 0) is 27.7 Å². The van der Waals surface area contributed by atoms with Crippen molar-refractivity contribution < 1.29 is 15.0 Å². The van der Waals surface area contributed by atoms with Crippen molar-refractivity contribution in [2.45, 2.75) is 39.3 Å². The lowest BCUT2D eigenvalue weighted by molar-refractivity contribution is 0.0532. The molecule has 0 fully saturated rings. The molecule has 4 nitrogen and oxygen atoms in total. The number of amides is 1. The molecule has 0 aromatic rings. The Balaban J connectivity index is 4.56. The summed E-state index contributed by atoms with van der Waals surface area (Å²) in [5.41, 5.74) is -0.464. The Morgan fingerprint density at radius 2 is 1.92 bits per heavy atom. The largest absolute Gasteiger partial charge is 0.465 e. The first kappa shape index (κ1) is 11.2. The van der Waals surface area contributed by atoms with Crippen LogP contribution in [0.1, 0.15) is 27.7 Å². The fourth-order valence-electron chi connectivity index (χ4n) is 1.22. The van der Waals surface area contributed by atoms with Crippen molar-refractivity contribution >= 4 is 6.09 Å². The molecular formula is C8H17NO3. The van der Waals surface area contributed by atoms with Crippen LogP contribution >= 0.6 is 0 Å². The zero-order valence-electron chi connectivity index (χ0n) is 8.03. The number of aliphatic hydroxyl groups excluding tert-OH is 1. The first-order chi connectivity index (χ1) is 5.30. The first-order valence-electron chi connectivity index (χ1n) is 3.93. The minimum Gasteiger partial charge on any atom is -0.465 e. The lowest BCUT2D eigenvalue weighted by atomic mass is 10.0. The average molecular weight is 175 g/mol. The number of carbonyl (C=O) groups is 1. The van der Waals surface area contributed by atoms with E-state index >= 15 is 0 Å². The second kappa shape index (κ2) is 3.76. The van der Waals surface area contributed by atoms with Crippen molar-refractivity contribution in [1.82, 2.24) is 4.90 Å². The maximum Gasteiger partial charge on any atom is 0.408 e. The zero-order chi connectivity index (χ0) is 9.94. The van der Waals surface area contributed by atoms with Crippen LogP contribution in [0.15, 0.2) is 0 Å². The van der Waals surface area contributed by atoms with Gasteiger partial charge >= 0.3 is 6.09 Å². The summed E-state index contributed by atoms with van der Waals surface area (Å²) in [5, 5.41) is 17.6. The quantitative estimate of drug-likeness (QED) is 0.661. The van der Waals surface area contributed by atoms with Gasteiger partial charge in [0.25, 0.3) is 0 Å². The van der Waals surface area contributed by atoms with Crippen LogP contribution in [0.4, 0.5) is 4.79 Å². The molecule has 4 heteroatoms. The Hall–Kier alpha value is -0.770. The van der Waals surface area contributed by atoms with E-state index in [1.165, 1.54) is 4.90 Å². The summed E-state index contributed by atoms with van der Waals surface area (Å²) in [6, 6.07) is -0.359. The molecule has 1 atom stereocenters. The van der Waals surface area contributed by atoms with Gasteiger partial charge in [-0.1, -0.05) is 0 Å². The molecular weight excluding hydrogens is 158 g/mol. The lowest BCUT2D eigenvalue weighted by Crippen LogP contribution is -2.51. The molecule has 0 saturated heterocycles. The van der Waals surface area contributed by atoms with Crippen LogP contribution in [-0.2, 0) is 0 Å². The van der Waals surface area contributed by atoms with Crippen molar-refractivity contribution in [3.05, 3.63) is 0 Å². The summed E-state index contributed by atoms with van der Waals surface area (Å²) in [5.74, 6) is 0. The van der Waals surface area contributed by atoms with Gasteiger partial charge in [0.1, 0.15) is 0 Å². The molecule has 0 saturated carbocycles. The number of rotatable bonds is 2. The fraction of sp³-hybridized carbons (Fsp3) is 0.875. The number of hydrogen-bond acceptors (Lipinski definition) is 2. The summed E-state index contributed by atoms with van der Waals surface area (Å²) in [7, 11) is 0. The Morgan fingerprint density at radius 3 is 2.00 bits per heavy atom. The molecule has 0 bridgehead atoms. The van der Waals surface area contributed by atoms with E-state index in [9.17, 15) is 4.79 Å². The summed E-state index contributed by atoms with van der Waals surface area (Å²) in [6.07, 6.45) is -0.996. The molecule has 2 N–H and O–H groups in total. The van der Waals surface area contributed by atoms with Gasteiger partial charge in [0.05, 0.1) is 12.6 Å². The molecule has 0 aliphatic heterocycles. The normalized spacial score (nSPS) is 14.1. The van der Waals surface area contributed by atoms with Crippen molar-refractivity contribution in [1.29, 1.82) is 0 Å². The van der Waals surface area contributed by atoms with E-state index < -0.39 is 11.6 Å². The number of carboxylic acid groups (broad SMARTS) is 1. The Kier molecular flexibility index (Phi) is 3.52. The number of nitrogens with zero attached hydrogens (tertiary/aromatic N) is 1. The maximum absolute atomic E-state index is 10.8. The van der Waals surface area contributed by atoms with E-state index in [1.807, 2.05) is 0 Å². The second-order valence-electron chi connectivity index (χ2n) is 3.85. The van der Waals surface area contributed by atoms with Crippen LogP contribution in [0.5, 0.6) is 0 Å². The molecule has 1 amide bonds. The highest BCUT2D eigenvalue weighted by molar-refractivity contribution is 5.66. The van der Waals surface area contributed by atoms with Crippen LogP contribution in [0.25, 0.3) is 0 Å². The third kappa shape index (κ3) is 2.70. The highest BCUT2D eigenvalue weighted by Gasteiger charge is 2.29. The summed E-state index contributed by atoms with van der Waals surface area (Å²) >= 11 is 0. The van der Waals surface area contributed by atoms with Crippen molar-refractivity contribution in [2.75, 3.05) is 6.61 Å². The van der Waals surface area contributed by atoms with Gasteiger partial charge in [-0.15, -0.1) is 0 Å². The molecule has 0 aliphatic carbocycles. The van der Waals surface area contributed by atoms with Crippen LogP contribution < -0.4 is 0 Å². The van der Waals surface area contributed by atoms with Crippen LogP contribution in [0.2, 0.25) is 0 Å². The summed E-state index contributed by atoms with van der Waals surface area (Å²) in [4.78, 5) is 12.0. The summed E-state index contributed by atoms with van der Waals surface area (Å²) < 4.78 is 0. The highest BCUT2D eigenvalue weighted by Crippen LogP contribution is 2.16. The van der Waals surface area contributed by atoms with Gasteiger partial charge in [-0.2, -0.15) is 0 Å². The smallest absolute Gasteiger partial charge is 0.408 e. The molecule has 12 heavy (non-hydrogen) atoms. The SMILES string of the molecule is C[C@H](CO)N(C(=O)O)C(C)(C)C. The van der Waals surface area contributed by atoms with E-state index in [2.05, 4.69) is 0 Å². The van der Waals surface area contributed by atoms with Crippen molar-refractivity contribution in [3.63, 3.8) is 0 Å². The van der Waals surface area contributed by atoms with Crippen molar-refractivity contribution in [3.8, 4) is 0 Å². The van der Waals surface area contributed by atoms with Crippen molar-refractivity contribution in [2.24, 2.45) is 0 Å².